The van der Waals surface area contributed by atoms with Crippen LogP contribution in [0.2, 0.25) is 0 Å². The van der Waals surface area contributed by atoms with Gasteiger partial charge in [-0.3, -0.25) is 0 Å². The lowest BCUT2D eigenvalue weighted by Gasteiger charge is -2.26. The van der Waals surface area contributed by atoms with Crippen molar-refractivity contribution < 1.29 is 4.42 Å². The van der Waals surface area contributed by atoms with Gasteiger partial charge in [0.15, 0.2) is 0 Å². The van der Waals surface area contributed by atoms with E-state index in [2.05, 4.69) is 193 Å². The molecule has 0 bridgehead atoms. The van der Waals surface area contributed by atoms with Crippen LogP contribution in [-0.4, -0.2) is 0 Å². The van der Waals surface area contributed by atoms with Gasteiger partial charge in [0.05, 0.1) is 11.1 Å². The summed E-state index contributed by atoms with van der Waals surface area (Å²) in [6.45, 7) is 0. The third-order valence-electron chi connectivity index (χ3n) is 10.6. The zero-order valence-electron chi connectivity index (χ0n) is 28.7. The Bertz CT molecular complexity index is 3170. The van der Waals surface area contributed by atoms with Crippen molar-refractivity contribution in [2.75, 3.05) is 4.90 Å². The number of anilines is 3. The second kappa shape index (κ2) is 11.9. The quantitative estimate of drug-likeness (QED) is 0.167. The molecular weight excluding hydrogens is 663 g/mol. The smallest absolute Gasteiger partial charge is 0.143 e. The number of para-hydroxylation sites is 1. The van der Waals surface area contributed by atoms with E-state index in [4.69, 9.17) is 4.42 Å². The van der Waals surface area contributed by atoms with Crippen molar-refractivity contribution in [3.8, 4) is 22.3 Å². The Kier molecular flexibility index (Phi) is 6.76. The summed E-state index contributed by atoms with van der Waals surface area (Å²) in [7, 11) is 0. The molecule has 3 heteroatoms. The number of hydrogen-bond acceptors (Lipinski definition) is 3. The van der Waals surface area contributed by atoms with Crippen molar-refractivity contribution in [3.63, 3.8) is 0 Å². The van der Waals surface area contributed by atoms with Crippen molar-refractivity contribution in [3.05, 3.63) is 188 Å². The molecule has 2 nitrogen and oxygen atoms in total. The highest BCUT2D eigenvalue weighted by molar-refractivity contribution is 7.25. The number of thiophene rings is 1. The van der Waals surface area contributed by atoms with Crippen molar-refractivity contribution in [1.82, 2.24) is 0 Å². The minimum Gasteiger partial charge on any atom is -0.455 e. The van der Waals surface area contributed by atoms with Crippen LogP contribution in [0.5, 0.6) is 0 Å². The van der Waals surface area contributed by atoms with Crippen LogP contribution in [0.3, 0.4) is 0 Å². The zero-order valence-corrected chi connectivity index (χ0v) is 29.5. The molecule has 0 amide bonds. The Morgan fingerprint density at radius 1 is 0.396 bits per heavy atom. The van der Waals surface area contributed by atoms with Crippen molar-refractivity contribution in [2.45, 2.75) is 0 Å². The number of rotatable bonds is 5. The van der Waals surface area contributed by atoms with Gasteiger partial charge in [-0.1, -0.05) is 133 Å². The Balaban J connectivity index is 1.10. The standard InChI is InChI=1S/C50H31NOS/c1-2-10-33(11-3-1)41-15-8-16-43-49-45(17-9-18-46(49)52-50(41)43)51(38-27-29-48-44(31-38)42-14-6-7-19-47(42)53-48)37-25-22-32(23-26-37)35-24-28-40-36(30-35)21-20-34-12-4-5-13-39(34)40/h1-31H. The van der Waals surface area contributed by atoms with Crippen LogP contribution in [0, 0.1) is 0 Å². The first-order chi connectivity index (χ1) is 26.3. The van der Waals surface area contributed by atoms with E-state index in [9.17, 15) is 0 Å². The van der Waals surface area contributed by atoms with Gasteiger partial charge in [-0.15, -0.1) is 11.3 Å². The molecule has 0 saturated heterocycles. The van der Waals surface area contributed by atoms with Gasteiger partial charge >= 0.3 is 0 Å². The van der Waals surface area contributed by atoms with E-state index in [1.807, 2.05) is 11.3 Å². The van der Waals surface area contributed by atoms with E-state index < -0.39 is 0 Å². The van der Waals surface area contributed by atoms with Crippen LogP contribution in [0.25, 0.3) is 85.9 Å². The molecule has 0 spiro atoms. The Morgan fingerprint density at radius 2 is 1.09 bits per heavy atom. The maximum absolute atomic E-state index is 6.73. The summed E-state index contributed by atoms with van der Waals surface area (Å²) < 4.78 is 9.32. The second-order valence-corrected chi connectivity index (χ2v) is 14.8. The first-order valence-corrected chi connectivity index (χ1v) is 18.8. The first kappa shape index (κ1) is 30.0. The average molecular weight is 694 g/mol. The molecule has 2 heterocycles. The summed E-state index contributed by atoms with van der Waals surface area (Å²) in [5, 5.41) is 9.83. The molecule has 0 aliphatic carbocycles. The van der Waals surface area contributed by atoms with Gasteiger partial charge in [0.1, 0.15) is 11.2 Å². The molecule has 0 aliphatic heterocycles. The minimum absolute atomic E-state index is 0.869. The largest absolute Gasteiger partial charge is 0.455 e. The summed E-state index contributed by atoms with van der Waals surface area (Å²) in [6.07, 6.45) is 0. The van der Waals surface area contributed by atoms with Gasteiger partial charge in [-0.2, -0.15) is 0 Å². The lowest BCUT2D eigenvalue weighted by molar-refractivity contribution is 0.670. The average Bonchev–Trinajstić information content (AvgIpc) is 3.80. The lowest BCUT2D eigenvalue weighted by atomic mass is 9.97. The maximum atomic E-state index is 6.73. The molecule has 0 aliphatic rings. The van der Waals surface area contributed by atoms with Crippen LogP contribution >= 0.6 is 11.3 Å². The number of nitrogens with zero attached hydrogens (tertiary/aromatic N) is 1. The predicted molar refractivity (Wildman–Crippen MR) is 227 cm³/mol. The van der Waals surface area contributed by atoms with Gasteiger partial charge in [-0.25, -0.2) is 0 Å². The van der Waals surface area contributed by atoms with Gasteiger partial charge in [0.25, 0.3) is 0 Å². The number of hydrogen-bond donors (Lipinski definition) is 0. The van der Waals surface area contributed by atoms with Gasteiger partial charge in [-0.05, 0) is 92.8 Å². The van der Waals surface area contributed by atoms with Crippen LogP contribution in [0.15, 0.2) is 192 Å². The van der Waals surface area contributed by atoms with Gasteiger partial charge in [0, 0.05) is 42.5 Å². The molecular formula is C50H31NOS. The third kappa shape index (κ3) is 4.86. The van der Waals surface area contributed by atoms with E-state index in [-0.39, 0.29) is 0 Å². The Morgan fingerprint density at radius 3 is 2.00 bits per heavy atom. The van der Waals surface area contributed by atoms with Crippen LogP contribution in [-0.2, 0) is 0 Å². The van der Waals surface area contributed by atoms with E-state index in [0.717, 1.165) is 50.1 Å². The predicted octanol–water partition coefficient (Wildman–Crippen LogP) is 15.1. The summed E-state index contributed by atoms with van der Waals surface area (Å²) in [5.41, 5.74) is 9.66. The Labute approximate surface area is 310 Å². The minimum atomic E-state index is 0.869. The third-order valence-corrected chi connectivity index (χ3v) is 11.8. The van der Waals surface area contributed by atoms with Gasteiger partial charge < -0.3 is 9.32 Å². The first-order valence-electron chi connectivity index (χ1n) is 18.0. The van der Waals surface area contributed by atoms with Crippen LogP contribution in [0.4, 0.5) is 17.1 Å². The molecule has 0 N–H and O–H groups in total. The highest BCUT2D eigenvalue weighted by Crippen LogP contribution is 2.46. The highest BCUT2D eigenvalue weighted by atomic mass is 32.1. The number of fused-ring (bicyclic) bond motifs is 9. The van der Waals surface area contributed by atoms with E-state index in [1.54, 1.807) is 0 Å². The summed E-state index contributed by atoms with van der Waals surface area (Å²) >= 11 is 1.85. The highest BCUT2D eigenvalue weighted by Gasteiger charge is 2.22. The molecule has 0 fully saturated rings. The summed E-state index contributed by atoms with van der Waals surface area (Å²) in [4.78, 5) is 2.40. The maximum Gasteiger partial charge on any atom is 0.143 e. The second-order valence-electron chi connectivity index (χ2n) is 13.7. The van der Waals surface area contributed by atoms with E-state index in [1.165, 1.54) is 52.8 Å². The topological polar surface area (TPSA) is 16.4 Å². The number of furan rings is 1. The van der Waals surface area contributed by atoms with E-state index in [0.29, 0.717) is 0 Å². The summed E-state index contributed by atoms with van der Waals surface area (Å²) in [5.74, 6) is 0. The lowest BCUT2D eigenvalue weighted by Crippen LogP contribution is -2.10. The fraction of sp³-hybridized carbons (Fsp3) is 0. The molecule has 53 heavy (non-hydrogen) atoms. The summed E-state index contributed by atoms with van der Waals surface area (Å²) in [6, 6.07) is 67.9. The zero-order chi connectivity index (χ0) is 34.9. The number of benzene rings is 9. The fourth-order valence-electron chi connectivity index (χ4n) is 8.14. The Hall–Kier alpha value is -6.68. The SMILES string of the molecule is c1ccc(-c2cccc3c2oc2cccc(N(c4ccc(-c5ccc6c(ccc7ccccc76)c5)cc4)c4ccc5sc6ccccc6c5c4)c23)cc1. The molecule has 0 unspecified atom stereocenters. The normalized spacial score (nSPS) is 11.8. The van der Waals surface area contributed by atoms with Crippen molar-refractivity contribution >= 4 is 92.1 Å². The van der Waals surface area contributed by atoms with E-state index >= 15 is 0 Å². The molecule has 11 rings (SSSR count). The molecule has 0 radical (unpaired) electrons. The molecule has 0 saturated carbocycles. The molecule has 2 aromatic heterocycles. The van der Waals surface area contributed by atoms with Crippen LogP contribution < -0.4 is 4.90 Å². The molecule has 248 valence electrons. The molecule has 9 aromatic carbocycles. The monoisotopic (exact) mass is 693 g/mol. The van der Waals surface area contributed by atoms with Crippen molar-refractivity contribution in [1.29, 1.82) is 0 Å². The van der Waals surface area contributed by atoms with Gasteiger partial charge in [0.2, 0.25) is 0 Å². The fourth-order valence-corrected chi connectivity index (χ4v) is 9.22. The van der Waals surface area contributed by atoms with Crippen molar-refractivity contribution in [2.24, 2.45) is 0 Å². The molecule has 0 atom stereocenters. The van der Waals surface area contributed by atoms with Crippen LogP contribution in [0.1, 0.15) is 0 Å². The molecule has 11 aromatic rings.